The number of hydrogen-bond donors (Lipinski definition) is 1. The topological polar surface area (TPSA) is 101 Å². The maximum Gasteiger partial charge on any atom is 0.264 e. The molecule has 1 saturated heterocycles. The molecular weight excluding hydrogens is 414 g/mol. The fraction of sp³-hybridized carbons (Fsp3) is 0.300. The summed E-state index contributed by atoms with van der Waals surface area (Å²) >= 11 is 5.97. The van der Waals surface area contributed by atoms with Crippen molar-refractivity contribution in [3.63, 3.8) is 0 Å². The first-order valence-corrected chi connectivity index (χ1v) is 10.9. The van der Waals surface area contributed by atoms with E-state index in [4.69, 9.17) is 17.3 Å². The van der Waals surface area contributed by atoms with Crippen LogP contribution >= 0.6 is 11.6 Å². The van der Waals surface area contributed by atoms with Crippen LogP contribution in [-0.2, 0) is 14.8 Å². The average Bonchev–Trinajstić information content (AvgIpc) is 2.72. The van der Waals surface area contributed by atoms with Crippen LogP contribution in [0.3, 0.4) is 0 Å². The first kappa shape index (κ1) is 21.1. The molecule has 0 aromatic heterocycles. The Morgan fingerprint density at radius 1 is 1.17 bits per heavy atom. The number of primary amides is 1. The molecule has 1 aliphatic rings. The van der Waals surface area contributed by atoms with Gasteiger partial charge in [0.25, 0.3) is 15.9 Å². The number of hydrogen-bond acceptors (Lipinski definition) is 4. The second-order valence-electron chi connectivity index (χ2n) is 6.97. The Kier molecular flexibility index (Phi) is 6.14. The zero-order valence-corrected chi connectivity index (χ0v) is 17.5. The molecule has 2 amide bonds. The third kappa shape index (κ3) is 4.54. The Hall–Kier alpha value is -2.58. The first-order valence-electron chi connectivity index (χ1n) is 9.13. The minimum Gasteiger partial charge on any atom is -0.369 e. The van der Waals surface area contributed by atoms with Crippen LogP contribution in [0.4, 0.5) is 5.69 Å². The number of piperidine rings is 1. The highest BCUT2D eigenvalue weighted by molar-refractivity contribution is 7.92. The molecule has 0 bridgehead atoms. The van der Waals surface area contributed by atoms with Crippen LogP contribution in [0, 0.1) is 5.92 Å². The van der Waals surface area contributed by atoms with Gasteiger partial charge in [0.05, 0.1) is 16.5 Å². The normalized spacial score (nSPS) is 17.0. The molecule has 1 aliphatic heterocycles. The molecule has 0 radical (unpaired) electrons. The number of halogens is 1. The van der Waals surface area contributed by atoms with Gasteiger partial charge in [0.15, 0.2) is 0 Å². The van der Waals surface area contributed by atoms with Crippen molar-refractivity contribution in [1.82, 2.24) is 4.90 Å². The molecule has 1 heterocycles. The highest BCUT2D eigenvalue weighted by Crippen LogP contribution is 2.26. The van der Waals surface area contributed by atoms with Gasteiger partial charge in [0.1, 0.15) is 0 Å². The second-order valence-corrected chi connectivity index (χ2v) is 9.38. The molecule has 0 spiro atoms. The van der Waals surface area contributed by atoms with E-state index in [1.807, 2.05) is 0 Å². The predicted octanol–water partition coefficient (Wildman–Crippen LogP) is 2.50. The van der Waals surface area contributed by atoms with Crippen LogP contribution in [0.25, 0.3) is 0 Å². The lowest BCUT2D eigenvalue weighted by Crippen LogP contribution is -2.44. The predicted molar refractivity (Wildman–Crippen MR) is 111 cm³/mol. The van der Waals surface area contributed by atoms with Gasteiger partial charge >= 0.3 is 0 Å². The minimum absolute atomic E-state index is 0.00529. The molecule has 7 nitrogen and oxygen atoms in total. The SMILES string of the molecule is CN(c1cccc(Cl)c1)S(=O)(=O)c1cccc(C(=O)N2CCCC(C(N)=O)C2)c1. The van der Waals surface area contributed by atoms with Crippen LogP contribution < -0.4 is 10.0 Å². The van der Waals surface area contributed by atoms with Crippen molar-refractivity contribution in [2.45, 2.75) is 17.7 Å². The summed E-state index contributed by atoms with van der Waals surface area (Å²) in [7, 11) is -2.46. The number of nitrogens with two attached hydrogens (primary N) is 1. The van der Waals surface area contributed by atoms with E-state index in [0.717, 1.165) is 4.31 Å². The van der Waals surface area contributed by atoms with E-state index in [-0.39, 0.29) is 28.8 Å². The van der Waals surface area contributed by atoms with Gasteiger partial charge in [-0.05, 0) is 49.2 Å². The second kappa shape index (κ2) is 8.42. The van der Waals surface area contributed by atoms with Crippen molar-refractivity contribution >= 4 is 39.1 Å². The lowest BCUT2D eigenvalue weighted by atomic mass is 9.97. The third-order valence-corrected chi connectivity index (χ3v) is 7.04. The van der Waals surface area contributed by atoms with E-state index in [1.165, 1.54) is 25.2 Å². The standard InChI is InChI=1S/C20H22ClN3O4S/c1-23(17-8-3-7-16(21)12-17)29(27,28)18-9-2-5-14(11-18)20(26)24-10-4-6-15(13-24)19(22)25/h2-3,5,7-9,11-12,15H,4,6,10,13H2,1H3,(H2,22,25). The molecule has 2 N–H and O–H groups in total. The lowest BCUT2D eigenvalue weighted by Gasteiger charge is -2.31. The van der Waals surface area contributed by atoms with Crippen molar-refractivity contribution in [3.8, 4) is 0 Å². The van der Waals surface area contributed by atoms with E-state index < -0.39 is 15.9 Å². The molecule has 29 heavy (non-hydrogen) atoms. The van der Waals surface area contributed by atoms with Crippen LogP contribution in [-0.4, -0.2) is 45.3 Å². The number of likely N-dealkylation sites (tertiary alicyclic amines) is 1. The van der Waals surface area contributed by atoms with Crippen LogP contribution in [0.15, 0.2) is 53.4 Å². The molecule has 1 fully saturated rings. The number of anilines is 1. The molecule has 3 rings (SSSR count). The Morgan fingerprint density at radius 3 is 2.59 bits per heavy atom. The van der Waals surface area contributed by atoms with Gasteiger partial charge in [-0.2, -0.15) is 0 Å². The number of nitrogens with zero attached hydrogens (tertiary/aromatic N) is 2. The molecule has 1 unspecified atom stereocenters. The molecule has 2 aromatic rings. The third-order valence-electron chi connectivity index (χ3n) is 5.02. The highest BCUT2D eigenvalue weighted by Gasteiger charge is 2.29. The van der Waals surface area contributed by atoms with Gasteiger partial charge in [-0.15, -0.1) is 0 Å². The van der Waals surface area contributed by atoms with Crippen molar-refractivity contribution in [1.29, 1.82) is 0 Å². The van der Waals surface area contributed by atoms with Crippen molar-refractivity contribution in [2.75, 3.05) is 24.4 Å². The molecule has 0 aliphatic carbocycles. The van der Waals surface area contributed by atoms with E-state index in [2.05, 4.69) is 0 Å². The van der Waals surface area contributed by atoms with Gasteiger partial charge < -0.3 is 10.6 Å². The maximum absolute atomic E-state index is 13.0. The van der Waals surface area contributed by atoms with Crippen molar-refractivity contribution in [3.05, 3.63) is 59.1 Å². The van der Waals surface area contributed by atoms with E-state index >= 15 is 0 Å². The fourth-order valence-electron chi connectivity index (χ4n) is 3.33. The minimum atomic E-state index is -3.89. The number of benzene rings is 2. The number of rotatable bonds is 5. The van der Waals surface area contributed by atoms with Crippen molar-refractivity contribution < 1.29 is 18.0 Å². The summed E-state index contributed by atoms with van der Waals surface area (Å²) in [6.07, 6.45) is 1.33. The smallest absolute Gasteiger partial charge is 0.264 e. The van der Waals surface area contributed by atoms with Crippen LogP contribution in [0.5, 0.6) is 0 Å². The summed E-state index contributed by atoms with van der Waals surface area (Å²) in [5.74, 6) is -1.13. The number of carbonyl (C=O) groups excluding carboxylic acids is 2. The average molecular weight is 436 g/mol. The molecule has 2 aromatic carbocycles. The Morgan fingerprint density at radius 2 is 1.90 bits per heavy atom. The quantitative estimate of drug-likeness (QED) is 0.779. The zero-order valence-electron chi connectivity index (χ0n) is 15.9. The summed E-state index contributed by atoms with van der Waals surface area (Å²) in [6, 6.07) is 12.4. The monoisotopic (exact) mass is 435 g/mol. The van der Waals surface area contributed by atoms with Crippen LogP contribution in [0.1, 0.15) is 23.2 Å². The summed E-state index contributed by atoms with van der Waals surface area (Å²) in [5.41, 5.74) is 6.04. The van der Waals surface area contributed by atoms with Gasteiger partial charge in [0, 0.05) is 30.7 Å². The summed E-state index contributed by atoms with van der Waals surface area (Å²) in [6.45, 7) is 0.746. The maximum atomic E-state index is 13.0. The first-order chi connectivity index (χ1) is 13.7. The Labute approximate surface area is 175 Å². The van der Waals surface area contributed by atoms with Crippen LogP contribution in [0.2, 0.25) is 5.02 Å². The molecular formula is C20H22ClN3O4S. The van der Waals surface area contributed by atoms with E-state index in [9.17, 15) is 18.0 Å². The number of carbonyl (C=O) groups is 2. The summed E-state index contributed by atoms with van der Waals surface area (Å²) in [5, 5.41) is 0.419. The van der Waals surface area contributed by atoms with Crippen molar-refractivity contribution in [2.24, 2.45) is 11.7 Å². The van der Waals surface area contributed by atoms with E-state index in [0.29, 0.717) is 30.1 Å². The van der Waals surface area contributed by atoms with E-state index in [1.54, 1.807) is 35.2 Å². The lowest BCUT2D eigenvalue weighted by molar-refractivity contribution is -0.123. The highest BCUT2D eigenvalue weighted by atomic mass is 35.5. The molecule has 9 heteroatoms. The summed E-state index contributed by atoms with van der Waals surface area (Å²) in [4.78, 5) is 25.9. The van der Waals surface area contributed by atoms with Gasteiger partial charge in [-0.1, -0.05) is 23.7 Å². The largest absolute Gasteiger partial charge is 0.369 e. The Bertz CT molecular complexity index is 1040. The van der Waals surface area contributed by atoms with Gasteiger partial charge in [-0.3, -0.25) is 13.9 Å². The molecule has 1 atom stereocenters. The molecule has 154 valence electrons. The summed E-state index contributed by atoms with van der Waals surface area (Å²) < 4.78 is 27.2. The zero-order chi connectivity index (χ0) is 21.2. The van der Waals surface area contributed by atoms with Gasteiger partial charge in [0.2, 0.25) is 5.91 Å². The van der Waals surface area contributed by atoms with Gasteiger partial charge in [-0.25, -0.2) is 8.42 Å². The number of sulfonamides is 1. The molecule has 0 saturated carbocycles. The fourth-order valence-corrected chi connectivity index (χ4v) is 4.75. The Balaban J connectivity index is 1.86. The number of amides is 2.